The Morgan fingerprint density at radius 2 is 2.12 bits per heavy atom. The highest BCUT2D eigenvalue weighted by Gasteiger charge is 2.14. The van der Waals surface area contributed by atoms with E-state index in [9.17, 15) is 8.42 Å². The Bertz CT molecular complexity index is 451. The number of sulfone groups is 1. The van der Waals surface area contributed by atoms with E-state index in [2.05, 4.69) is 43.2 Å². The Kier molecular flexibility index (Phi) is 6.12. The molecule has 0 aliphatic rings. The fourth-order valence-electron chi connectivity index (χ4n) is 1.51. The predicted octanol–water partition coefficient (Wildman–Crippen LogP) is 3.36. The molecule has 1 rings (SSSR count). The van der Waals surface area contributed by atoms with Gasteiger partial charge in [-0.1, -0.05) is 0 Å². The van der Waals surface area contributed by atoms with Crippen LogP contribution in [0.4, 0.5) is 0 Å². The first kappa shape index (κ1) is 15.6. The van der Waals surface area contributed by atoms with Crippen molar-refractivity contribution in [2.75, 3.05) is 19.1 Å². The van der Waals surface area contributed by atoms with E-state index < -0.39 is 9.84 Å². The first-order valence-corrected chi connectivity index (χ1v) is 9.59. The normalized spacial score (nSPS) is 13.9. The van der Waals surface area contributed by atoms with E-state index in [0.29, 0.717) is 6.42 Å². The molecule has 1 heterocycles. The third kappa shape index (κ3) is 5.38. The van der Waals surface area contributed by atoms with E-state index in [1.54, 1.807) is 11.3 Å². The lowest BCUT2D eigenvalue weighted by atomic mass is 10.1. The molecule has 98 valence electrons. The molecule has 1 atom stereocenters. The SMILES string of the molecule is CNC(CCCS(C)(=O)=O)c1cc(Br)c(Br)s1. The van der Waals surface area contributed by atoms with Crippen LogP contribution in [0.3, 0.4) is 0 Å². The molecule has 1 N–H and O–H groups in total. The maximum atomic E-state index is 11.1. The molecule has 0 radical (unpaired) electrons. The Morgan fingerprint density at radius 3 is 2.53 bits per heavy atom. The van der Waals surface area contributed by atoms with Gasteiger partial charge in [-0.2, -0.15) is 0 Å². The summed E-state index contributed by atoms with van der Waals surface area (Å²) < 4.78 is 24.2. The van der Waals surface area contributed by atoms with Gasteiger partial charge in [-0.3, -0.25) is 0 Å². The fraction of sp³-hybridized carbons (Fsp3) is 0.600. The van der Waals surface area contributed by atoms with Crippen molar-refractivity contribution in [1.29, 1.82) is 0 Å². The highest BCUT2D eigenvalue weighted by Crippen LogP contribution is 2.36. The highest BCUT2D eigenvalue weighted by molar-refractivity contribution is 9.13. The summed E-state index contributed by atoms with van der Waals surface area (Å²) in [6.45, 7) is 0. The monoisotopic (exact) mass is 403 g/mol. The number of hydrogen-bond acceptors (Lipinski definition) is 4. The zero-order valence-electron chi connectivity index (χ0n) is 9.66. The van der Waals surface area contributed by atoms with Gasteiger partial charge in [-0.05, 0) is 57.8 Å². The van der Waals surface area contributed by atoms with Crippen LogP contribution < -0.4 is 5.32 Å². The molecule has 0 aliphatic heterocycles. The quantitative estimate of drug-likeness (QED) is 0.790. The summed E-state index contributed by atoms with van der Waals surface area (Å²) in [6, 6.07) is 2.28. The molecule has 7 heteroatoms. The molecule has 0 spiro atoms. The minimum absolute atomic E-state index is 0.212. The average molecular weight is 405 g/mol. The van der Waals surface area contributed by atoms with Gasteiger partial charge in [0.1, 0.15) is 9.84 Å². The van der Waals surface area contributed by atoms with Crippen LogP contribution in [0.2, 0.25) is 0 Å². The molecule has 1 unspecified atom stereocenters. The second-order valence-corrected chi connectivity index (χ2v) is 9.40. The standard InChI is InChI=1S/C10H15Br2NO2S2/c1-13-8(4-3-5-17(2,14)15)9-6-7(11)10(12)16-9/h6,8,13H,3-5H2,1-2H3. The summed E-state index contributed by atoms with van der Waals surface area (Å²) in [4.78, 5) is 1.21. The molecule has 17 heavy (non-hydrogen) atoms. The van der Waals surface area contributed by atoms with E-state index in [0.717, 1.165) is 14.7 Å². The van der Waals surface area contributed by atoms with E-state index in [1.165, 1.54) is 11.1 Å². The Balaban J connectivity index is 2.60. The van der Waals surface area contributed by atoms with Crippen LogP contribution in [0.5, 0.6) is 0 Å². The van der Waals surface area contributed by atoms with Crippen molar-refractivity contribution < 1.29 is 8.42 Å². The molecule has 0 bridgehead atoms. The minimum atomic E-state index is -2.86. The fourth-order valence-corrected chi connectivity index (χ4v) is 4.44. The molecule has 0 fully saturated rings. The Hall–Kier alpha value is 0.570. The van der Waals surface area contributed by atoms with Crippen molar-refractivity contribution in [3.63, 3.8) is 0 Å². The van der Waals surface area contributed by atoms with E-state index in [1.807, 2.05) is 7.05 Å². The smallest absolute Gasteiger partial charge is 0.147 e. The van der Waals surface area contributed by atoms with Gasteiger partial charge in [-0.25, -0.2) is 8.42 Å². The van der Waals surface area contributed by atoms with Crippen molar-refractivity contribution in [2.45, 2.75) is 18.9 Å². The lowest BCUT2D eigenvalue weighted by Gasteiger charge is -2.13. The molecule has 0 saturated heterocycles. The van der Waals surface area contributed by atoms with Crippen molar-refractivity contribution in [3.8, 4) is 0 Å². The van der Waals surface area contributed by atoms with Crippen LogP contribution in [0, 0.1) is 0 Å². The lowest BCUT2D eigenvalue weighted by molar-refractivity contribution is 0.543. The van der Waals surface area contributed by atoms with Gasteiger partial charge < -0.3 is 5.32 Å². The molecular formula is C10H15Br2NO2S2. The maximum Gasteiger partial charge on any atom is 0.147 e. The third-order valence-electron chi connectivity index (χ3n) is 2.36. The molecule has 0 saturated carbocycles. The maximum absolute atomic E-state index is 11.1. The predicted molar refractivity (Wildman–Crippen MR) is 80.5 cm³/mol. The van der Waals surface area contributed by atoms with Gasteiger partial charge in [0.2, 0.25) is 0 Å². The largest absolute Gasteiger partial charge is 0.312 e. The lowest BCUT2D eigenvalue weighted by Crippen LogP contribution is -2.16. The van der Waals surface area contributed by atoms with Gasteiger partial charge in [0, 0.05) is 27.4 Å². The van der Waals surface area contributed by atoms with Gasteiger partial charge in [0.05, 0.1) is 3.79 Å². The summed E-state index contributed by atoms with van der Waals surface area (Å²) in [5.41, 5.74) is 0. The number of nitrogens with one attached hydrogen (secondary N) is 1. The van der Waals surface area contributed by atoms with Gasteiger partial charge in [-0.15, -0.1) is 11.3 Å². The van der Waals surface area contributed by atoms with E-state index in [4.69, 9.17) is 0 Å². The van der Waals surface area contributed by atoms with Crippen molar-refractivity contribution in [2.24, 2.45) is 0 Å². The third-order valence-corrected chi connectivity index (χ3v) is 6.76. The molecule has 3 nitrogen and oxygen atoms in total. The summed E-state index contributed by atoms with van der Waals surface area (Å²) in [7, 11) is -0.961. The van der Waals surface area contributed by atoms with Gasteiger partial charge in [0.15, 0.2) is 0 Å². The average Bonchev–Trinajstić information content (AvgIpc) is 2.52. The van der Waals surface area contributed by atoms with Crippen LogP contribution in [0.1, 0.15) is 23.8 Å². The van der Waals surface area contributed by atoms with E-state index in [-0.39, 0.29) is 11.8 Å². The van der Waals surface area contributed by atoms with Crippen LogP contribution >= 0.6 is 43.2 Å². The molecule has 1 aromatic heterocycles. The van der Waals surface area contributed by atoms with Gasteiger partial charge >= 0.3 is 0 Å². The molecular weight excluding hydrogens is 390 g/mol. The second kappa shape index (κ2) is 6.65. The zero-order chi connectivity index (χ0) is 13.1. The summed E-state index contributed by atoms with van der Waals surface area (Å²) in [5, 5.41) is 3.22. The van der Waals surface area contributed by atoms with Crippen molar-refractivity contribution in [3.05, 3.63) is 19.2 Å². The second-order valence-electron chi connectivity index (χ2n) is 3.88. The van der Waals surface area contributed by atoms with Crippen LogP contribution in [0.15, 0.2) is 14.3 Å². The Morgan fingerprint density at radius 1 is 1.47 bits per heavy atom. The number of thiophene rings is 1. The summed E-state index contributed by atoms with van der Waals surface area (Å²) in [6.07, 6.45) is 2.78. The summed E-state index contributed by atoms with van der Waals surface area (Å²) >= 11 is 8.58. The topological polar surface area (TPSA) is 46.2 Å². The highest BCUT2D eigenvalue weighted by atomic mass is 79.9. The number of rotatable bonds is 6. The van der Waals surface area contributed by atoms with Crippen LogP contribution in [-0.4, -0.2) is 27.5 Å². The molecule has 0 amide bonds. The molecule has 0 aromatic carbocycles. The van der Waals surface area contributed by atoms with Crippen molar-refractivity contribution in [1.82, 2.24) is 5.32 Å². The number of halogens is 2. The first-order valence-electron chi connectivity index (χ1n) is 5.13. The first-order chi connectivity index (χ1) is 7.83. The minimum Gasteiger partial charge on any atom is -0.312 e. The van der Waals surface area contributed by atoms with Gasteiger partial charge in [0.25, 0.3) is 0 Å². The molecule has 0 aliphatic carbocycles. The Labute approximate surface area is 123 Å². The van der Waals surface area contributed by atoms with Crippen molar-refractivity contribution >= 4 is 53.0 Å². The summed E-state index contributed by atoms with van der Waals surface area (Å²) in [5.74, 6) is 0.249. The zero-order valence-corrected chi connectivity index (χ0v) is 14.5. The van der Waals surface area contributed by atoms with Crippen LogP contribution in [-0.2, 0) is 9.84 Å². The molecule has 1 aromatic rings. The van der Waals surface area contributed by atoms with E-state index >= 15 is 0 Å². The van der Waals surface area contributed by atoms with Crippen LogP contribution in [0.25, 0.3) is 0 Å². The number of hydrogen-bond donors (Lipinski definition) is 1.